The molecule has 3 saturated carbocycles. The Morgan fingerprint density at radius 2 is 1.48 bits per heavy atom. The van der Waals surface area contributed by atoms with Gasteiger partial charge in [0.15, 0.2) is 0 Å². The van der Waals surface area contributed by atoms with Gasteiger partial charge in [0.05, 0.1) is 0 Å². The Morgan fingerprint density at radius 3 is 1.95 bits per heavy atom. The van der Waals surface area contributed by atoms with Crippen LogP contribution in [0.3, 0.4) is 0 Å². The van der Waals surface area contributed by atoms with Crippen LogP contribution in [-0.4, -0.2) is 0 Å². The van der Waals surface area contributed by atoms with Crippen molar-refractivity contribution in [3.8, 4) is 0 Å². The summed E-state index contributed by atoms with van der Waals surface area (Å²) in [5.41, 5.74) is 2.19. The lowest BCUT2D eigenvalue weighted by atomic mass is 9.74. The third kappa shape index (κ3) is 2.93. The second kappa shape index (κ2) is 5.00. The van der Waals surface area contributed by atoms with E-state index in [1.165, 1.54) is 51.4 Å². The second-order valence-electron chi connectivity index (χ2n) is 10.3. The van der Waals surface area contributed by atoms with Gasteiger partial charge >= 0.3 is 0 Å². The fourth-order valence-electron chi connectivity index (χ4n) is 5.38. The van der Waals surface area contributed by atoms with E-state index in [1.807, 2.05) is 0 Å². The number of hydrogen-bond acceptors (Lipinski definition) is 0. The smallest absolute Gasteiger partial charge is 0.0238 e. The van der Waals surface area contributed by atoms with Crippen molar-refractivity contribution in [2.75, 3.05) is 0 Å². The van der Waals surface area contributed by atoms with Crippen LogP contribution in [0.25, 0.3) is 0 Å². The normalized spacial score (nSPS) is 38.1. The van der Waals surface area contributed by atoms with Gasteiger partial charge in [0.1, 0.15) is 0 Å². The second-order valence-corrected chi connectivity index (χ2v) is 10.3. The lowest BCUT2D eigenvalue weighted by Crippen LogP contribution is -2.23. The zero-order chi connectivity index (χ0) is 15.5. The summed E-state index contributed by atoms with van der Waals surface area (Å²) in [7, 11) is 0. The minimum atomic E-state index is 0.689. The van der Waals surface area contributed by atoms with Crippen molar-refractivity contribution in [3.63, 3.8) is 0 Å². The Kier molecular flexibility index (Phi) is 3.78. The molecule has 3 aliphatic carbocycles. The maximum atomic E-state index is 2.63. The lowest BCUT2D eigenvalue weighted by Gasteiger charge is -2.30. The predicted molar refractivity (Wildman–Crippen MR) is 92.2 cm³/mol. The van der Waals surface area contributed by atoms with Crippen molar-refractivity contribution in [2.24, 2.45) is 39.9 Å². The highest BCUT2D eigenvalue weighted by Gasteiger charge is 2.68. The van der Waals surface area contributed by atoms with Crippen LogP contribution < -0.4 is 0 Å². The fraction of sp³-hybridized carbons (Fsp3) is 1.00. The van der Waals surface area contributed by atoms with E-state index in [0.29, 0.717) is 5.41 Å². The highest BCUT2D eigenvalue weighted by atomic mass is 14.7. The van der Waals surface area contributed by atoms with Gasteiger partial charge in [-0.15, -0.1) is 0 Å². The zero-order valence-corrected chi connectivity index (χ0v) is 15.5. The SMILES string of the molecule is CC(C)CCC(C)C1(C2CC2(C)C(C)CC2(C)CC2)CC1. The first kappa shape index (κ1) is 15.9. The van der Waals surface area contributed by atoms with Crippen molar-refractivity contribution in [1.29, 1.82) is 0 Å². The molecule has 3 aliphatic rings. The van der Waals surface area contributed by atoms with Crippen LogP contribution in [-0.2, 0) is 0 Å². The number of hydrogen-bond donors (Lipinski definition) is 0. The van der Waals surface area contributed by atoms with E-state index in [0.717, 1.165) is 34.5 Å². The molecule has 0 aromatic heterocycles. The Morgan fingerprint density at radius 1 is 0.857 bits per heavy atom. The molecule has 0 aliphatic heterocycles. The van der Waals surface area contributed by atoms with Gasteiger partial charge in [0, 0.05) is 0 Å². The van der Waals surface area contributed by atoms with Crippen molar-refractivity contribution in [1.82, 2.24) is 0 Å². The van der Waals surface area contributed by atoms with Gasteiger partial charge in [-0.1, -0.05) is 48.0 Å². The molecule has 3 fully saturated rings. The molecule has 0 saturated heterocycles. The van der Waals surface area contributed by atoms with Gasteiger partial charge in [-0.3, -0.25) is 0 Å². The van der Waals surface area contributed by atoms with Crippen LogP contribution >= 0.6 is 0 Å². The van der Waals surface area contributed by atoms with Crippen LogP contribution in [0.4, 0.5) is 0 Å². The molecular formula is C21H38. The summed E-state index contributed by atoms with van der Waals surface area (Å²) in [5.74, 6) is 3.85. The summed E-state index contributed by atoms with van der Waals surface area (Å²) in [6.07, 6.45) is 12.0. The average Bonchev–Trinajstić information content (AvgIpc) is 3.23. The average molecular weight is 291 g/mol. The minimum Gasteiger partial charge on any atom is -0.0628 e. The van der Waals surface area contributed by atoms with Crippen LogP contribution in [0.1, 0.15) is 92.9 Å². The first-order valence-corrected chi connectivity index (χ1v) is 9.72. The van der Waals surface area contributed by atoms with E-state index >= 15 is 0 Å². The van der Waals surface area contributed by atoms with Crippen LogP contribution in [0, 0.1) is 39.9 Å². The molecule has 0 heterocycles. The maximum Gasteiger partial charge on any atom is -0.0238 e. The summed E-state index contributed by atoms with van der Waals surface area (Å²) < 4.78 is 0. The largest absolute Gasteiger partial charge is 0.0628 e. The standard InChI is InChI=1S/C21H38/c1-15(2)7-8-16(3)21(11-12-21)18-14-20(18,6)17(4)13-19(5)9-10-19/h15-18H,7-14H2,1-6H3. The number of rotatable bonds is 8. The highest BCUT2D eigenvalue weighted by molar-refractivity contribution is 5.17. The molecule has 4 unspecified atom stereocenters. The molecule has 0 bridgehead atoms. The molecule has 0 nitrogen and oxygen atoms in total. The van der Waals surface area contributed by atoms with Crippen molar-refractivity contribution in [3.05, 3.63) is 0 Å². The monoisotopic (exact) mass is 290 g/mol. The van der Waals surface area contributed by atoms with Crippen molar-refractivity contribution >= 4 is 0 Å². The van der Waals surface area contributed by atoms with E-state index in [9.17, 15) is 0 Å². The van der Waals surface area contributed by atoms with E-state index < -0.39 is 0 Å². The van der Waals surface area contributed by atoms with Crippen LogP contribution in [0.2, 0.25) is 0 Å². The Labute approximate surface area is 133 Å². The van der Waals surface area contributed by atoms with Gasteiger partial charge in [-0.25, -0.2) is 0 Å². The van der Waals surface area contributed by atoms with Crippen LogP contribution in [0.15, 0.2) is 0 Å². The fourth-order valence-corrected chi connectivity index (χ4v) is 5.38. The summed E-state index contributed by atoms with van der Waals surface area (Å²) in [6.45, 7) is 15.0. The molecule has 0 spiro atoms. The predicted octanol–water partition coefficient (Wildman–Crippen LogP) is 6.69. The third-order valence-corrected chi connectivity index (χ3v) is 7.99. The maximum absolute atomic E-state index is 2.63. The van der Waals surface area contributed by atoms with Gasteiger partial charge in [-0.2, -0.15) is 0 Å². The summed E-state index contributed by atoms with van der Waals surface area (Å²) in [6, 6.07) is 0. The Hall–Kier alpha value is 0. The molecule has 3 rings (SSSR count). The Balaban J connectivity index is 1.57. The van der Waals surface area contributed by atoms with Crippen molar-refractivity contribution < 1.29 is 0 Å². The first-order valence-electron chi connectivity index (χ1n) is 9.72. The van der Waals surface area contributed by atoms with E-state index in [4.69, 9.17) is 0 Å². The van der Waals surface area contributed by atoms with Crippen molar-refractivity contribution in [2.45, 2.75) is 92.9 Å². The quantitative estimate of drug-likeness (QED) is 0.467. The summed E-state index contributed by atoms with van der Waals surface area (Å²) in [4.78, 5) is 0. The molecule has 21 heavy (non-hydrogen) atoms. The zero-order valence-electron chi connectivity index (χ0n) is 15.5. The molecule has 0 N–H and O–H groups in total. The molecule has 122 valence electrons. The molecule has 0 amide bonds. The molecule has 0 radical (unpaired) electrons. The Bertz CT molecular complexity index is 385. The summed E-state index contributed by atoms with van der Waals surface area (Å²) in [5, 5.41) is 0. The van der Waals surface area contributed by atoms with Gasteiger partial charge in [0.2, 0.25) is 0 Å². The van der Waals surface area contributed by atoms with Gasteiger partial charge in [0.25, 0.3) is 0 Å². The highest BCUT2D eigenvalue weighted by Crippen LogP contribution is 2.76. The minimum absolute atomic E-state index is 0.689. The summed E-state index contributed by atoms with van der Waals surface area (Å²) >= 11 is 0. The van der Waals surface area contributed by atoms with E-state index in [2.05, 4.69) is 41.5 Å². The molecule has 0 aromatic rings. The van der Waals surface area contributed by atoms with Crippen LogP contribution in [0.5, 0.6) is 0 Å². The molecular weight excluding hydrogens is 252 g/mol. The molecule has 4 atom stereocenters. The topological polar surface area (TPSA) is 0 Å². The third-order valence-electron chi connectivity index (χ3n) is 7.99. The first-order chi connectivity index (χ1) is 9.72. The molecule has 0 aromatic carbocycles. The van der Waals surface area contributed by atoms with E-state index in [1.54, 1.807) is 0 Å². The van der Waals surface area contributed by atoms with Gasteiger partial charge in [-0.05, 0) is 84.9 Å². The van der Waals surface area contributed by atoms with E-state index in [-0.39, 0.29) is 0 Å². The molecule has 0 heteroatoms. The van der Waals surface area contributed by atoms with Gasteiger partial charge < -0.3 is 0 Å². The lowest BCUT2D eigenvalue weighted by molar-refractivity contribution is 0.184.